The van der Waals surface area contributed by atoms with Gasteiger partial charge in [0.25, 0.3) is 0 Å². The number of nitrogen functional groups attached to an aromatic ring is 1. The number of rotatable bonds is 8. The van der Waals surface area contributed by atoms with Crippen molar-refractivity contribution in [2.75, 3.05) is 44.4 Å². The Labute approximate surface area is 135 Å². The van der Waals surface area contributed by atoms with Crippen LogP contribution in [0.3, 0.4) is 0 Å². The highest BCUT2D eigenvalue weighted by Gasteiger charge is 2.13. The summed E-state index contributed by atoms with van der Waals surface area (Å²) in [5.74, 6) is 0.454. The number of nitrogens with two attached hydrogens (primary N) is 1. The topological polar surface area (TPSA) is 67.6 Å². The molecule has 6 heteroatoms. The van der Waals surface area contributed by atoms with Crippen LogP contribution in [-0.2, 0) is 9.53 Å². The number of amides is 1. The molecule has 0 saturated carbocycles. The fraction of sp³-hybridized carbons (Fsp3) is 0.533. The van der Waals surface area contributed by atoms with Crippen LogP contribution in [0.2, 0.25) is 0 Å². The summed E-state index contributed by atoms with van der Waals surface area (Å²) in [6.45, 7) is 6.83. The molecule has 0 bridgehead atoms. The van der Waals surface area contributed by atoms with E-state index in [-0.39, 0.29) is 5.91 Å². The fourth-order valence-electron chi connectivity index (χ4n) is 2.00. The van der Waals surface area contributed by atoms with Crippen LogP contribution in [0.5, 0.6) is 0 Å². The Morgan fingerprint density at radius 3 is 2.76 bits per heavy atom. The predicted molar refractivity (Wildman–Crippen MR) is 90.3 cm³/mol. The van der Waals surface area contributed by atoms with Crippen LogP contribution in [0.4, 0.5) is 11.4 Å². The third-order valence-electron chi connectivity index (χ3n) is 2.87. The van der Waals surface area contributed by atoms with Gasteiger partial charge in [-0.1, -0.05) is 13.8 Å². The number of methoxy groups -OCH3 is 1. The minimum atomic E-state index is -0.0442. The van der Waals surface area contributed by atoms with Crippen molar-refractivity contribution in [1.29, 1.82) is 0 Å². The van der Waals surface area contributed by atoms with E-state index in [2.05, 4.69) is 40.0 Å². The number of nitrogens with one attached hydrogen (secondary N) is 1. The van der Waals surface area contributed by atoms with E-state index in [4.69, 9.17) is 10.5 Å². The maximum Gasteiger partial charge on any atom is 0.238 e. The molecule has 0 aliphatic heterocycles. The average Bonchev–Trinajstić information content (AvgIpc) is 2.38. The van der Waals surface area contributed by atoms with Gasteiger partial charge < -0.3 is 15.8 Å². The lowest BCUT2D eigenvalue weighted by Crippen LogP contribution is -2.37. The van der Waals surface area contributed by atoms with Crippen molar-refractivity contribution in [3.8, 4) is 0 Å². The number of hydrogen-bond donors (Lipinski definition) is 2. The molecule has 0 heterocycles. The van der Waals surface area contributed by atoms with Crippen molar-refractivity contribution in [2.45, 2.75) is 13.8 Å². The quantitative estimate of drug-likeness (QED) is 0.701. The average molecular weight is 358 g/mol. The number of carbonyl (C=O) groups excluding carboxylic acids is 1. The largest absolute Gasteiger partial charge is 0.399 e. The first-order chi connectivity index (χ1) is 9.92. The van der Waals surface area contributed by atoms with Crippen LogP contribution in [-0.4, -0.2) is 44.2 Å². The van der Waals surface area contributed by atoms with Gasteiger partial charge >= 0.3 is 0 Å². The van der Waals surface area contributed by atoms with Crippen molar-refractivity contribution in [3.05, 3.63) is 22.7 Å². The number of ether oxygens (including phenoxy) is 1. The van der Waals surface area contributed by atoms with Crippen LogP contribution >= 0.6 is 15.9 Å². The zero-order valence-corrected chi connectivity index (χ0v) is 14.4. The smallest absolute Gasteiger partial charge is 0.238 e. The highest BCUT2D eigenvalue weighted by molar-refractivity contribution is 9.10. The predicted octanol–water partition coefficient (Wildman–Crippen LogP) is 2.57. The molecule has 21 heavy (non-hydrogen) atoms. The summed E-state index contributed by atoms with van der Waals surface area (Å²) in [5.41, 5.74) is 7.07. The lowest BCUT2D eigenvalue weighted by atomic mass is 10.2. The lowest BCUT2D eigenvalue weighted by molar-refractivity contribution is -0.117. The van der Waals surface area contributed by atoms with Gasteiger partial charge in [-0.3, -0.25) is 9.69 Å². The number of carbonyl (C=O) groups is 1. The molecule has 1 amide bonds. The Bertz CT molecular complexity index is 466. The van der Waals surface area contributed by atoms with Gasteiger partial charge in [0.15, 0.2) is 0 Å². The van der Waals surface area contributed by atoms with Crippen LogP contribution < -0.4 is 11.1 Å². The molecule has 0 saturated heterocycles. The summed E-state index contributed by atoms with van der Waals surface area (Å²) in [7, 11) is 1.67. The van der Waals surface area contributed by atoms with E-state index in [1.54, 1.807) is 25.3 Å². The van der Waals surface area contributed by atoms with Crippen molar-refractivity contribution in [2.24, 2.45) is 5.92 Å². The zero-order valence-electron chi connectivity index (χ0n) is 12.9. The lowest BCUT2D eigenvalue weighted by Gasteiger charge is -2.23. The summed E-state index contributed by atoms with van der Waals surface area (Å²) >= 11 is 3.40. The van der Waals surface area contributed by atoms with E-state index < -0.39 is 0 Å². The first-order valence-corrected chi connectivity index (χ1v) is 7.77. The molecular formula is C15H24BrN3O2. The normalized spacial score (nSPS) is 11.1. The van der Waals surface area contributed by atoms with E-state index in [0.717, 1.165) is 23.2 Å². The van der Waals surface area contributed by atoms with Crippen LogP contribution in [0.15, 0.2) is 22.7 Å². The first kappa shape index (κ1) is 17.9. The molecule has 0 unspecified atom stereocenters. The standard InChI is InChI=1S/C15H24BrN3O2/c1-11(2)9-19(6-7-21-3)10-15(20)18-14-5-4-12(17)8-13(14)16/h4-5,8,11H,6-7,9-10,17H2,1-3H3,(H,18,20). The Morgan fingerprint density at radius 1 is 1.48 bits per heavy atom. The molecule has 5 nitrogen and oxygen atoms in total. The van der Waals surface area contributed by atoms with Gasteiger partial charge in [-0.2, -0.15) is 0 Å². The highest BCUT2D eigenvalue weighted by atomic mass is 79.9. The van der Waals surface area contributed by atoms with Crippen LogP contribution in [0, 0.1) is 5.92 Å². The molecule has 0 radical (unpaired) electrons. The Morgan fingerprint density at radius 2 is 2.19 bits per heavy atom. The van der Waals surface area contributed by atoms with Gasteiger partial charge in [0.05, 0.1) is 18.8 Å². The Kier molecular flexibility index (Phi) is 7.71. The van der Waals surface area contributed by atoms with Gasteiger partial charge in [0.1, 0.15) is 0 Å². The second-order valence-electron chi connectivity index (χ2n) is 5.41. The molecule has 1 aromatic carbocycles. The summed E-state index contributed by atoms with van der Waals surface area (Å²) < 4.78 is 5.87. The van der Waals surface area contributed by atoms with Crippen molar-refractivity contribution >= 4 is 33.2 Å². The summed E-state index contributed by atoms with van der Waals surface area (Å²) in [6.07, 6.45) is 0. The second-order valence-corrected chi connectivity index (χ2v) is 6.26. The third-order valence-corrected chi connectivity index (χ3v) is 3.53. The molecule has 0 aliphatic carbocycles. The van der Waals surface area contributed by atoms with E-state index in [9.17, 15) is 4.79 Å². The fourth-order valence-corrected chi connectivity index (χ4v) is 2.49. The maximum absolute atomic E-state index is 12.2. The molecule has 0 aliphatic rings. The molecule has 1 rings (SSSR count). The molecule has 0 atom stereocenters. The minimum absolute atomic E-state index is 0.0442. The molecule has 0 fully saturated rings. The van der Waals surface area contributed by atoms with E-state index in [1.807, 2.05) is 0 Å². The zero-order chi connectivity index (χ0) is 15.8. The molecule has 118 valence electrons. The molecule has 3 N–H and O–H groups in total. The minimum Gasteiger partial charge on any atom is -0.399 e. The van der Waals surface area contributed by atoms with Gasteiger partial charge in [-0.15, -0.1) is 0 Å². The summed E-state index contributed by atoms with van der Waals surface area (Å²) in [4.78, 5) is 14.3. The number of anilines is 2. The van der Waals surface area contributed by atoms with Crippen LogP contribution in [0.1, 0.15) is 13.8 Å². The van der Waals surface area contributed by atoms with E-state index in [1.165, 1.54) is 0 Å². The van der Waals surface area contributed by atoms with Crippen molar-refractivity contribution in [1.82, 2.24) is 4.90 Å². The Balaban J connectivity index is 2.59. The van der Waals surface area contributed by atoms with Crippen LogP contribution in [0.25, 0.3) is 0 Å². The molecule has 0 spiro atoms. The summed E-state index contributed by atoms with van der Waals surface area (Å²) in [6, 6.07) is 5.32. The van der Waals surface area contributed by atoms with Crippen molar-refractivity contribution < 1.29 is 9.53 Å². The van der Waals surface area contributed by atoms with Crippen molar-refractivity contribution in [3.63, 3.8) is 0 Å². The SMILES string of the molecule is COCCN(CC(=O)Nc1ccc(N)cc1Br)CC(C)C. The number of benzene rings is 1. The van der Waals surface area contributed by atoms with Gasteiger partial charge in [0, 0.05) is 30.4 Å². The third kappa shape index (κ3) is 6.93. The number of hydrogen-bond acceptors (Lipinski definition) is 4. The Hall–Kier alpha value is -1.11. The maximum atomic E-state index is 12.2. The van der Waals surface area contributed by atoms with Gasteiger partial charge in [-0.05, 0) is 40.0 Å². The molecule has 0 aromatic heterocycles. The monoisotopic (exact) mass is 357 g/mol. The molecular weight excluding hydrogens is 334 g/mol. The summed E-state index contributed by atoms with van der Waals surface area (Å²) in [5, 5.41) is 2.89. The number of halogens is 1. The van der Waals surface area contributed by atoms with Gasteiger partial charge in [0.2, 0.25) is 5.91 Å². The highest BCUT2D eigenvalue weighted by Crippen LogP contribution is 2.24. The molecule has 1 aromatic rings. The first-order valence-electron chi connectivity index (χ1n) is 6.98. The van der Waals surface area contributed by atoms with Gasteiger partial charge in [-0.25, -0.2) is 0 Å². The second kappa shape index (κ2) is 9.02. The van der Waals surface area contributed by atoms with E-state index in [0.29, 0.717) is 24.8 Å². The number of nitrogens with zero attached hydrogens (tertiary/aromatic N) is 1. The van der Waals surface area contributed by atoms with E-state index >= 15 is 0 Å².